The number of carbonyl (C=O) groups is 1. The third-order valence-electron chi connectivity index (χ3n) is 4.48. The number of aromatic nitrogens is 1. The summed E-state index contributed by atoms with van der Waals surface area (Å²) in [6, 6.07) is 13.7. The molecule has 4 heteroatoms. The van der Waals surface area contributed by atoms with Crippen LogP contribution < -0.4 is 5.32 Å². The van der Waals surface area contributed by atoms with E-state index in [2.05, 4.69) is 10.3 Å². The van der Waals surface area contributed by atoms with E-state index in [4.69, 9.17) is 0 Å². The second-order valence-electron chi connectivity index (χ2n) is 6.30. The fourth-order valence-electron chi connectivity index (χ4n) is 3.03. The van der Waals surface area contributed by atoms with Crippen LogP contribution in [0.5, 0.6) is 0 Å². The third-order valence-corrected chi connectivity index (χ3v) is 4.48. The SMILES string of the molecule is O=C(/C=C/c1ccccc1)N[C@H](Cc1ccncc1)C1CC(O)C1. The molecule has 1 atom stereocenters. The van der Waals surface area contributed by atoms with Crippen molar-refractivity contribution < 1.29 is 9.90 Å². The number of nitrogens with one attached hydrogen (secondary N) is 1. The molecular formula is C20H22N2O2. The summed E-state index contributed by atoms with van der Waals surface area (Å²) in [6.07, 6.45) is 8.94. The predicted octanol–water partition coefficient (Wildman–Crippen LogP) is 2.59. The number of amides is 1. The van der Waals surface area contributed by atoms with Crippen molar-refractivity contribution in [3.8, 4) is 0 Å². The van der Waals surface area contributed by atoms with Crippen LogP contribution in [0.4, 0.5) is 0 Å². The third kappa shape index (κ3) is 4.52. The minimum atomic E-state index is -0.230. The van der Waals surface area contributed by atoms with Crippen molar-refractivity contribution in [3.05, 3.63) is 72.1 Å². The first-order valence-electron chi connectivity index (χ1n) is 8.31. The van der Waals surface area contributed by atoms with E-state index in [1.807, 2.05) is 48.5 Å². The summed E-state index contributed by atoms with van der Waals surface area (Å²) in [6.45, 7) is 0. The van der Waals surface area contributed by atoms with E-state index >= 15 is 0 Å². The molecule has 1 aliphatic rings. The van der Waals surface area contributed by atoms with Crippen LogP contribution in [-0.4, -0.2) is 28.1 Å². The lowest BCUT2D eigenvalue weighted by Gasteiger charge is -2.38. The maximum atomic E-state index is 12.3. The first kappa shape index (κ1) is 16.4. The molecule has 1 amide bonds. The summed E-state index contributed by atoms with van der Waals surface area (Å²) in [5.41, 5.74) is 2.14. The van der Waals surface area contributed by atoms with Crippen molar-refractivity contribution in [2.24, 2.45) is 5.92 Å². The van der Waals surface area contributed by atoms with Gasteiger partial charge >= 0.3 is 0 Å². The van der Waals surface area contributed by atoms with Gasteiger partial charge in [0.2, 0.25) is 5.91 Å². The lowest BCUT2D eigenvalue weighted by molar-refractivity contribution is -0.118. The van der Waals surface area contributed by atoms with Crippen molar-refractivity contribution in [3.63, 3.8) is 0 Å². The Hall–Kier alpha value is -2.46. The number of aliphatic hydroxyl groups is 1. The molecule has 1 saturated carbocycles. The van der Waals surface area contributed by atoms with E-state index in [1.165, 1.54) is 0 Å². The zero-order valence-corrected chi connectivity index (χ0v) is 13.5. The zero-order chi connectivity index (χ0) is 16.8. The van der Waals surface area contributed by atoms with Crippen LogP contribution in [0.2, 0.25) is 0 Å². The summed E-state index contributed by atoms with van der Waals surface area (Å²) in [5, 5.41) is 12.7. The molecule has 0 bridgehead atoms. The molecule has 4 nitrogen and oxygen atoms in total. The molecule has 1 aromatic heterocycles. The van der Waals surface area contributed by atoms with E-state index < -0.39 is 0 Å². The largest absolute Gasteiger partial charge is 0.393 e. The molecule has 1 heterocycles. The van der Waals surface area contributed by atoms with Gasteiger partial charge in [-0.3, -0.25) is 9.78 Å². The quantitative estimate of drug-likeness (QED) is 0.804. The Morgan fingerprint density at radius 1 is 1.21 bits per heavy atom. The Labute approximate surface area is 142 Å². The summed E-state index contributed by atoms with van der Waals surface area (Å²) in [4.78, 5) is 16.3. The number of rotatable bonds is 6. The van der Waals surface area contributed by atoms with Crippen molar-refractivity contribution >= 4 is 12.0 Å². The number of benzene rings is 1. The molecule has 3 rings (SSSR count). The van der Waals surface area contributed by atoms with Gasteiger partial charge in [-0.1, -0.05) is 30.3 Å². The van der Waals surface area contributed by atoms with Crippen LogP contribution in [0.1, 0.15) is 24.0 Å². The van der Waals surface area contributed by atoms with Crippen molar-refractivity contribution in [1.82, 2.24) is 10.3 Å². The number of aliphatic hydroxyl groups excluding tert-OH is 1. The van der Waals surface area contributed by atoms with Gasteiger partial charge in [0, 0.05) is 24.5 Å². The van der Waals surface area contributed by atoms with Crippen molar-refractivity contribution in [1.29, 1.82) is 0 Å². The minimum absolute atomic E-state index is 0.0312. The maximum Gasteiger partial charge on any atom is 0.244 e. The second-order valence-corrected chi connectivity index (χ2v) is 6.30. The highest BCUT2D eigenvalue weighted by molar-refractivity contribution is 5.91. The molecule has 0 spiro atoms. The summed E-state index contributed by atoms with van der Waals surface area (Å²) >= 11 is 0. The minimum Gasteiger partial charge on any atom is -0.393 e. The molecule has 1 aliphatic carbocycles. The predicted molar refractivity (Wildman–Crippen MR) is 94.1 cm³/mol. The molecule has 24 heavy (non-hydrogen) atoms. The highest BCUT2D eigenvalue weighted by Gasteiger charge is 2.34. The lowest BCUT2D eigenvalue weighted by atomic mass is 9.75. The normalized spacial score (nSPS) is 21.2. The molecule has 2 aromatic rings. The van der Waals surface area contributed by atoms with E-state index in [0.29, 0.717) is 5.92 Å². The number of nitrogens with zero attached hydrogens (tertiary/aromatic N) is 1. The Balaban J connectivity index is 1.62. The standard InChI is InChI=1S/C20H22N2O2/c23-18-13-17(14-18)19(12-16-8-10-21-11-9-16)22-20(24)7-6-15-4-2-1-3-5-15/h1-11,17-19,23H,12-14H2,(H,22,24)/b7-6+/t17?,18?,19-/m1/s1. The molecular weight excluding hydrogens is 300 g/mol. The number of carbonyl (C=O) groups excluding carboxylic acids is 1. The molecule has 0 aliphatic heterocycles. The van der Waals surface area contributed by atoms with Crippen molar-refractivity contribution in [2.75, 3.05) is 0 Å². The fraction of sp³-hybridized carbons (Fsp3) is 0.300. The van der Waals surface area contributed by atoms with Crippen LogP contribution in [-0.2, 0) is 11.2 Å². The molecule has 1 aromatic carbocycles. The number of pyridine rings is 1. The fourth-order valence-corrected chi connectivity index (χ4v) is 3.03. The Bertz CT molecular complexity index is 679. The molecule has 1 fully saturated rings. The Morgan fingerprint density at radius 3 is 2.58 bits per heavy atom. The maximum absolute atomic E-state index is 12.3. The molecule has 124 valence electrons. The van der Waals surface area contributed by atoms with Crippen LogP contribution in [0.25, 0.3) is 6.08 Å². The van der Waals surface area contributed by atoms with Gasteiger partial charge in [-0.2, -0.15) is 0 Å². The lowest BCUT2D eigenvalue weighted by Crippen LogP contribution is -2.47. The second kappa shape index (κ2) is 7.88. The van der Waals surface area contributed by atoms with Crippen LogP contribution in [0, 0.1) is 5.92 Å². The zero-order valence-electron chi connectivity index (χ0n) is 13.5. The first-order chi connectivity index (χ1) is 11.7. The van der Waals surface area contributed by atoms with Gasteiger partial charge in [-0.05, 0) is 54.5 Å². The summed E-state index contributed by atoms with van der Waals surface area (Å²) < 4.78 is 0. The average molecular weight is 322 g/mol. The highest BCUT2D eigenvalue weighted by atomic mass is 16.3. The highest BCUT2D eigenvalue weighted by Crippen LogP contribution is 2.31. The molecule has 0 saturated heterocycles. The Kier molecular flexibility index (Phi) is 5.39. The molecule has 2 N–H and O–H groups in total. The Morgan fingerprint density at radius 2 is 1.92 bits per heavy atom. The average Bonchev–Trinajstić information content (AvgIpc) is 2.58. The van der Waals surface area contributed by atoms with Crippen molar-refractivity contribution in [2.45, 2.75) is 31.4 Å². The van der Waals surface area contributed by atoms with Gasteiger partial charge in [0.15, 0.2) is 0 Å². The van der Waals surface area contributed by atoms with Gasteiger partial charge < -0.3 is 10.4 Å². The monoisotopic (exact) mass is 322 g/mol. The molecule has 0 radical (unpaired) electrons. The molecule has 0 unspecified atom stereocenters. The van der Waals surface area contributed by atoms with E-state index in [1.54, 1.807) is 18.5 Å². The van der Waals surface area contributed by atoms with Crippen LogP contribution >= 0.6 is 0 Å². The number of hydrogen-bond donors (Lipinski definition) is 2. The van der Waals surface area contributed by atoms with Crippen LogP contribution in [0.3, 0.4) is 0 Å². The van der Waals surface area contributed by atoms with E-state index in [9.17, 15) is 9.90 Å². The summed E-state index contributed by atoms with van der Waals surface area (Å²) in [5.74, 6) is 0.224. The number of hydrogen-bond acceptors (Lipinski definition) is 3. The topological polar surface area (TPSA) is 62.2 Å². The summed E-state index contributed by atoms with van der Waals surface area (Å²) in [7, 11) is 0. The smallest absolute Gasteiger partial charge is 0.244 e. The van der Waals surface area contributed by atoms with Crippen LogP contribution in [0.15, 0.2) is 60.9 Å². The van der Waals surface area contributed by atoms with Gasteiger partial charge in [0.05, 0.1) is 6.10 Å². The van der Waals surface area contributed by atoms with Gasteiger partial charge in [0.1, 0.15) is 0 Å². The van der Waals surface area contributed by atoms with E-state index in [0.717, 1.165) is 30.4 Å². The first-order valence-corrected chi connectivity index (χ1v) is 8.31. The van der Waals surface area contributed by atoms with Gasteiger partial charge in [-0.15, -0.1) is 0 Å². The van der Waals surface area contributed by atoms with Gasteiger partial charge in [0.25, 0.3) is 0 Å². The van der Waals surface area contributed by atoms with E-state index in [-0.39, 0.29) is 18.1 Å². The van der Waals surface area contributed by atoms with Gasteiger partial charge in [-0.25, -0.2) is 0 Å².